The number of aromatic nitrogens is 2. The van der Waals surface area contributed by atoms with Crippen molar-refractivity contribution in [1.29, 1.82) is 0 Å². The van der Waals surface area contributed by atoms with Gasteiger partial charge in [-0.2, -0.15) is 5.10 Å². The van der Waals surface area contributed by atoms with E-state index >= 15 is 0 Å². The average Bonchev–Trinajstić information content (AvgIpc) is 2.80. The predicted octanol–water partition coefficient (Wildman–Crippen LogP) is 2.22. The molecule has 2 unspecified atom stereocenters. The summed E-state index contributed by atoms with van der Waals surface area (Å²) in [4.78, 5) is 13.1. The molecule has 1 N–H and O–H groups in total. The molecule has 0 amide bonds. The molecule has 0 fully saturated rings. The van der Waals surface area contributed by atoms with E-state index in [2.05, 4.69) is 24.3 Å². The number of nitrogens with one attached hydrogen (secondary N) is 1. The molecule has 114 valence electrons. The predicted molar refractivity (Wildman–Crippen MR) is 81.9 cm³/mol. The number of carbonyl (C=O) groups is 1. The molecule has 0 saturated carbocycles. The fraction of sp³-hybridized carbons (Fsp3) is 0.714. The van der Waals surface area contributed by atoms with E-state index in [4.69, 9.17) is 4.74 Å². The Kier molecular flexibility index (Phi) is 6.55. The summed E-state index contributed by atoms with van der Waals surface area (Å²) >= 11 is 1.72. The Bertz CT molecular complexity index is 436. The lowest BCUT2D eigenvalue weighted by Gasteiger charge is -2.30. The Hall–Kier alpha value is -1.01. The number of carbonyl (C=O) groups excluding carboxylic acids is 1. The Labute approximate surface area is 125 Å². The highest BCUT2D eigenvalue weighted by molar-refractivity contribution is 7.99. The summed E-state index contributed by atoms with van der Waals surface area (Å²) in [5.41, 5.74) is -0.639. The van der Waals surface area contributed by atoms with Gasteiger partial charge in [-0.05, 0) is 26.3 Å². The Balaban J connectivity index is 2.65. The first-order chi connectivity index (χ1) is 9.41. The summed E-state index contributed by atoms with van der Waals surface area (Å²) in [6.45, 7) is 6.91. The van der Waals surface area contributed by atoms with E-state index in [9.17, 15) is 4.79 Å². The Morgan fingerprint density at radius 1 is 1.65 bits per heavy atom. The number of methoxy groups -OCH3 is 1. The van der Waals surface area contributed by atoms with Crippen molar-refractivity contribution in [3.05, 3.63) is 12.4 Å². The van der Waals surface area contributed by atoms with Crippen molar-refractivity contribution in [2.24, 2.45) is 7.05 Å². The molecule has 0 aromatic carbocycles. The molecule has 0 aliphatic rings. The van der Waals surface area contributed by atoms with Crippen LogP contribution in [0.3, 0.4) is 0 Å². The summed E-state index contributed by atoms with van der Waals surface area (Å²) in [6, 6.07) is 0. The highest BCUT2D eigenvalue weighted by Crippen LogP contribution is 2.28. The van der Waals surface area contributed by atoms with Gasteiger partial charge >= 0.3 is 5.97 Å². The number of esters is 1. The number of nitrogens with zero attached hydrogens (tertiary/aromatic N) is 2. The van der Waals surface area contributed by atoms with Gasteiger partial charge in [0.05, 0.1) is 13.3 Å². The second kappa shape index (κ2) is 7.69. The van der Waals surface area contributed by atoms with E-state index < -0.39 is 5.54 Å². The maximum atomic E-state index is 12.0. The molecule has 0 aliphatic heterocycles. The van der Waals surface area contributed by atoms with Gasteiger partial charge in [0.2, 0.25) is 0 Å². The minimum atomic E-state index is -0.639. The first-order valence-corrected chi connectivity index (χ1v) is 7.78. The van der Waals surface area contributed by atoms with Crippen LogP contribution in [0, 0.1) is 0 Å². The van der Waals surface area contributed by atoms with Crippen LogP contribution >= 0.6 is 11.8 Å². The molecule has 5 nitrogen and oxygen atoms in total. The molecule has 0 saturated heterocycles. The van der Waals surface area contributed by atoms with Crippen molar-refractivity contribution < 1.29 is 9.53 Å². The van der Waals surface area contributed by atoms with Crippen molar-refractivity contribution in [3.8, 4) is 0 Å². The third kappa shape index (κ3) is 4.83. The fourth-order valence-corrected chi connectivity index (χ4v) is 3.37. The highest BCUT2D eigenvalue weighted by atomic mass is 32.2. The summed E-state index contributed by atoms with van der Waals surface area (Å²) in [5.74, 6) is -0.204. The molecular formula is C14H25N3O2S. The normalized spacial score (nSPS) is 15.7. The van der Waals surface area contributed by atoms with Crippen LogP contribution in [-0.2, 0) is 16.6 Å². The zero-order valence-electron chi connectivity index (χ0n) is 13.0. The van der Waals surface area contributed by atoms with Gasteiger partial charge in [-0.1, -0.05) is 13.8 Å². The molecule has 1 aromatic heterocycles. The lowest BCUT2D eigenvalue weighted by atomic mass is 9.96. The van der Waals surface area contributed by atoms with Gasteiger partial charge in [0.15, 0.2) is 0 Å². The van der Waals surface area contributed by atoms with Crippen molar-refractivity contribution in [3.63, 3.8) is 0 Å². The van der Waals surface area contributed by atoms with Gasteiger partial charge in [0.25, 0.3) is 0 Å². The van der Waals surface area contributed by atoms with E-state index in [1.54, 1.807) is 16.4 Å². The molecule has 0 aliphatic carbocycles. The second-order valence-corrected chi connectivity index (χ2v) is 6.74. The Morgan fingerprint density at radius 3 is 2.85 bits per heavy atom. The van der Waals surface area contributed by atoms with Crippen LogP contribution in [0.15, 0.2) is 17.3 Å². The van der Waals surface area contributed by atoms with Crippen LogP contribution < -0.4 is 5.32 Å². The minimum absolute atomic E-state index is 0.204. The van der Waals surface area contributed by atoms with E-state index in [1.807, 2.05) is 26.4 Å². The largest absolute Gasteiger partial charge is 0.468 e. The zero-order valence-corrected chi connectivity index (χ0v) is 13.8. The van der Waals surface area contributed by atoms with Crippen molar-refractivity contribution in [1.82, 2.24) is 15.1 Å². The fourth-order valence-electron chi connectivity index (χ4n) is 2.16. The topological polar surface area (TPSA) is 56.2 Å². The van der Waals surface area contributed by atoms with Crippen LogP contribution in [0.5, 0.6) is 0 Å². The van der Waals surface area contributed by atoms with Gasteiger partial charge in [-0.25, -0.2) is 0 Å². The van der Waals surface area contributed by atoms with Gasteiger partial charge in [0.1, 0.15) is 5.54 Å². The number of hydrogen-bond donors (Lipinski definition) is 1. The van der Waals surface area contributed by atoms with Gasteiger partial charge in [-0.3, -0.25) is 9.48 Å². The monoisotopic (exact) mass is 299 g/mol. The minimum Gasteiger partial charge on any atom is -0.468 e. The van der Waals surface area contributed by atoms with E-state index in [1.165, 1.54) is 7.11 Å². The van der Waals surface area contributed by atoms with Gasteiger partial charge < -0.3 is 10.1 Å². The molecule has 0 bridgehead atoms. The molecule has 1 heterocycles. The van der Waals surface area contributed by atoms with Crippen LogP contribution in [0.2, 0.25) is 0 Å². The molecular weight excluding hydrogens is 274 g/mol. The number of aryl methyl sites for hydroxylation is 1. The summed E-state index contributed by atoms with van der Waals surface area (Å²) < 4.78 is 6.72. The quantitative estimate of drug-likeness (QED) is 0.589. The van der Waals surface area contributed by atoms with Gasteiger partial charge in [-0.15, -0.1) is 11.8 Å². The summed E-state index contributed by atoms with van der Waals surface area (Å²) in [5, 5.41) is 7.75. The first kappa shape index (κ1) is 17.0. The second-order valence-electron chi connectivity index (χ2n) is 5.23. The maximum Gasteiger partial charge on any atom is 0.325 e. The van der Waals surface area contributed by atoms with Crippen LogP contribution in [0.25, 0.3) is 0 Å². The molecule has 0 spiro atoms. The maximum absolute atomic E-state index is 12.0. The molecule has 6 heteroatoms. The van der Waals surface area contributed by atoms with E-state index in [0.29, 0.717) is 6.42 Å². The van der Waals surface area contributed by atoms with E-state index in [0.717, 1.165) is 17.9 Å². The number of hydrogen-bond acceptors (Lipinski definition) is 5. The highest BCUT2D eigenvalue weighted by Gasteiger charge is 2.35. The Morgan fingerprint density at radius 2 is 2.35 bits per heavy atom. The zero-order chi connectivity index (χ0) is 15.2. The third-order valence-electron chi connectivity index (χ3n) is 3.12. The smallest absolute Gasteiger partial charge is 0.325 e. The molecule has 1 rings (SSSR count). The number of ether oxygens (including phenoxy) is 1. The summed E-state index contributed by atoms with van der Waals surface area (Å²) in [6.07, 6.45) is 5.52. The molecule has 1 aromatic rings. The van der Waals surface area contributed by atoms with Crippen molar-refractivity contribution in [2.75, 3.05) is 13.7 Å². The number of thioether (sulfide) groups is 1. The summed E-state index contributed by atoms with van der Waals surface area (Å²) in [7, 11) is 3.34. The van der Waals surface area contributed by atoms with Crippen LogP contribution in [-0.4, -0.2) is 40.2 Å². The molecule has 20 heavy (non-hydrogen) atoms. The molecule has 0 radical (unpaired) electrons. The lowest BCUT2D eigenvalue weighted by Crippen LogP contribution is -2.51. The lowest BCUT2D eigenvalue weighted by molar-refractivity contribution is -0.148. The number of rotatable bonds is 8. The standard InChI is InChI=1S/C14H25N3O2S/c1-6-7-15-14(3,13(18)19-5)8-11(2)20-12-9-16-17(4)10-12/h9-11,15H,6-8H2,1-5H3. The van der Waals surface area contributed by atoms with E-state index in [-0.39, 0.29) is 11.2 Å². The average molecular weight is 299 g/mol. The first-order valence-electron chi connectivity index (χ1n) is 6.90. The van der Waals surface area contributed by atoms with Crippen molar-refractivity contribution in [2.45, 2.75) is 49.3 Å². The SMILES string of the molecule is CCCNC(C)(CC(C)Sc1cnn(C)c1)C(=O)OC. The van der Waals surface area contributed by atoms with Crippen LogP contribution in [0.1, 0.15) is 33.6 Å². The third-order valence-corrected chi connectivity index (χ3v) is 4.17. The van der Waals surface area contributed by atoms with Crippen molar-refractivity contribution >= 4 is 17.7 Å². The van der Waals surface area contributed by atoms with Crippen LogP contribution in [0.4, 0.5) is 0 Å². The molecule has 2 atom stereocenters. The van der Waals surface area contributed by atoms with Gasteiger partial charge in [0, 0.05) is 23.4 Å².